The Kier molecular flexibility index (Phi) is 4.34. The van der Waals surface area contributed by atoms with Crippen LogP contribution >= 0.6 is 0 Å². The van der Waals surface area contributed by atoms with Gasteiger partial charge in [0.25, 0.3) is 0 Å². The summed E-state index contributed by atoms with van der Waals surface area (Å²) in [6.45, 7) is 1.70. The molecule has 0 N–H and O–H groups in total. The summed E-state index contributed by atoms with van der Waals surface area (Å²) in [7, 11) is 0. The third-order valence-electron chi connectivity index (χ3n) is 4.36. The van der Waals surface area contributed by atoms with Gasteiger partial charge < -0.3 is 4.74 Å². The van der Waals surface area contributed by atoms with Gasteiger partial charge in [-0.2, -0.15) is 5.10 Å². The fraction of sp³-hybridized carbons (Fsp3) is 0.316. The smallest absolute Gasteiger partial charge is 0.115 e. The Bertz CT molecular complexity index is 794. The van der Waals surface area contributed by atoms with E-state index in [2.05, 4.69) is 34.2 Å². The van der Waals surface area contributed by atoms with E-state index in [1.165, 1.54) is 12.8 Å². The molecule has 24 heavy (non-hydrogen) atoms. The maximum absolute atomic E-state index is 5.80. The van der Waals surface area contributed by atoms with Gasteiger partial charge in [-0.15, -0.1) is 0 Å². The molecule has 1 atom stereocenters. The fourth-order valence-corrected chi connectivity index (χ4v) is 3.08. The Balaban J connectivity index is 1.54. The van der Waals surface area contributed by atoms with Crippen LogP contribution in [0.5, 0.6) is 0 Å². The molecular formula is C19H20N4O. The van der Waals surface area contributed by atoms with Crippen molar-refractivity contribution in [3.05, 3.63) is 55.2 Å². The summed E-state index contributed by atoms with van der Waals surface area (Å²) < 4.78 is 7.79. The van der Waals surface area contributed by atoms with Crippen LogP contribution in [-0.2, 0) is 11.3 Å². The van der Waals surface area contributed by atoms with Crippen molar-refractivity contribution in [3.8, 4) is 22.4 Å². The fourth-order valence-electron chi connectivity index (χ4n) is 3.08. The average Bonchev–Trinajstić information content (AvgIpc) is 3.12. The lowest BCUT2D eigenvalue weighted by Gasteiger charge is -2.22. The highest BCUT2D eigenvalue weighted by atomic mass is 16.5. The van der Waals surface area contributed by atoms with E-state index in [-0.39, 0.29) is 0 Å². The van der Waals surface area contributed by atoms with Gasteiger partial charge in [-0.25, -0.2) is 9.97 Å². The highest BCUT2D eigenvalue weighted by Gasteiger charge is 2.15. The quantitative estimate of drug-likeness (QED) is 0.737. The normalized spacial score (nSPS) is 17.8. The molecule has 1 saturated heterocycles. The molecule has 0 bridgehead atoms. The Labute approximate surface area is 141 Å². The van der Waals surface area contributed by atoms with Crippen molar-refractivity contribution in [1.82, 2.24) is 19.7 Å². The Morgan fingerprint density at radius 3 is 2.75 bits per heavy atom. The predicted molar refractivity (Wildman–Crippen MR) is 92.3 cm³/mol. The molecule has 1 aromatic carbocycles. The minimum absolute atomic E-state index is 0.291. The van der Waals surface area contributed by atoms with E-state index in [1.54, 1.807) is 6.33 Å². The third-order valence-corrected chi connectivity index (χ3v) is 4.36. The number of benzene rings is 1. The van der Waals surface area contributed by atoms with Crippen LogP contribution in [0.1, 0.15) is 19.3 Å². The maximum atomic E-state index is 5.80. The van der Waals surface area contributed by atoms with Gasteiger partial charge in [0.2, 0.25) is 0 Å². The van der Waals surface area contributed by atoms with E-state index in [0.29, 0.717) is 6.10 Å². The van der Waals surface area contributed by atoms with Crippen LogP contribution in [0.4, 0.5) is 0 Å². The largest absolute Gasteiger partial charge is 0.376 e. The van der Waals surface area contributed by atoms with Crippen molar-refractivity contribution in [1.29, 1.82) is 0 Å². The van der Waals surface area contributed by atoms with Gasteiger partial charge in [0.1, 0.15) is 6.33 Å². The van der Waals surface area contributed by atoms with E-state index in [1.807, 2.05) is 29.3 Å². The lowest BCUT2D eigenvalue weighted by atomic mass is 10.0. The lowest BCUT2D eigenvalue weighted by Crippen LogP contribution is -2.24. The molecule has 5 nitrogen and oxygen atoms in total. The predicted octanol–water partition coefficient (Wildman–Crippen LogP) is 3.58. The number of nitrogens with zero attached hydrogens (tertiary/aromatic N) is 4. The molecule has 1 aliphatic heterocycles. The molecule has 0 amide bonds. The van der Waals surface area contributed by atoms with Crippen molar-refractivity contribution in [3.63, 3.8) is 0 Å². The molecule has 3 aromatic rings. The van der Waals surface area contributed by atoms with Gasteiger partial charge in [-0.1, -0.05) is 18.2 Å². The molecule has 4 rings (SSSR count). The molecule has 122 valence electrons. The maximum Gasteiger partial charge on any atom is 0.115 e. The zero-order chi connectivity index (χ0) is 16.2. The molecule has 0 aliphatic carbocycles. The van der Waals surface area contributed by atoms with Crippen molar-refractivity contribution in [2.75, 3.05) is 6.61 Å². The van der Waals surface area contributed by atoms with Crippen LogP contribution in [-0.4, -0.2) is 32.5 Å². The van der Waals surface area contributed by atoms with Crippen molar-refractivity contribution < 1.29 is 4.74 Å². The molecule has 3 heterocycles. The standard InChI is InChI=1S/C19H20N4O/c1-2-9-24-18(6-1)13-23-8-7-19(22-23)16-5-3-4-15(10-16)17-11-20-14-21-12-17/h3-5,7-8,10-12,14,18H,1-2,6,9,13H2/t18-/m1/s1. The molecule has 2 aromatic heterocycles. The first kappa shape index (κ1) is 15.0. The van der Waals surface area contributed by atoms with Gasteiger partial charge in [0.05, 0.1) is 18.3 Å². The van der Waals surface area contributed by atoms with E-state index < -0.39 is 0 Å². The number of ether oxygens (including phenoxy) is 1. The van der Waals surface area contributed by atoms with Crippen LogP contribution in [0.25, 0.3) is 22.4 Å². The molecule has 5 heteroatoms. The summed E-state index contributed by atoms with van der Waals surface area (Å²) in [5, 5.41) is 4.71. The number of hydrogen-bond acceptors (Lipinski definition) is 4. The van der Waals surface area contributed by atoms with Gasteiger partial charge in [-0.3, -0.25) is 4.68 Å². The summed E-state index contributed by atoms with van der Waals surface area (Å²) in [6, 6.07) is 10.4. The highest BCUT2D eigenvalue weighted by molar-refractivity contribution is 5.70. The van der Waals surface area contributed by atoms with Gasteiger partial charge in [0, 0.05) is 36.3 Å². The minimum Gasteiger partial charge on any atom is -0.376 e. The van der Waals surface area contributed by atoms with Crippen LogP contribution in [0.3, 0.4) is 0 Å². The van der Waals surface area contributed by atoms with Crippen molar-refractivity contribution >= 4 is 0 Å². The summed E-state index contributed by atoms with van der Waals surface area (Å²) >= 11 is 0. The first-order chi connectivity index (χ1) is 11.9. The van der Waals surface area contributed by atoms with Gasteiger partial charge >= 0.3 is 0 Å². The van der Waals surface area contributed by atoms with Crippen LogP contribution < -0.4 is 0 Å². The molecule has 1 fully saturated rings. The van der Waals surface area contributed by atoms with Crippen molar-refractivity contribution in [2.24, 2.45) is 0 Å². The van der Waals surface area contributed by atoms with Gasteiger partial charge in [0.15, 0.2) is 0 Å². The number of rotatable bonds is 4. The first-order valence-electron chi connectivity index (χ1n) is 8.39. The molecule has 1 aliphatic rings. The topological polar surface area (TPSA) is 52.8 Å². The van der Waals surface area contributed by atoms with E-state index in [4.69, 9.17) is 9.84 Å². The molecule has 0 unspecified atom stereocenters. The Morgan fingerprint density at radius 1 is 1.04 bits per heavy atom. The van der Waals surface area contributed by atoms with E-state index in [0.717, 1.165) is 42.0 Å². The zero-order valence-corrected chi connectivity index (χ0v) is 13.5. The van der Waals surface area contributed by atoms with Crippen molar-refractivity contribution in [2.45, 2.75) is 31.9 Å². The third kappa shape index (κ3) is 3.36. The summed E-state index contributed by atoms with van der Waals surface area (Å²) in [6.07, 6.45) is 11.1. The Hall–Kier alpha value is -2.53. The molecule has 0 saturated carbocycles. The zero-order valence-electron chi connectivity index (χ0n) is 13.5. The highest BCUT2D eigenvalue weighted by Crippen LogP contribution is 2.24. The van der Waals surface area contributed by atoms with E-state index >= 15 is 0 Å². The summed E-state index contributed by atoms with van der Waals surface area (Å²) in [4.78, 5) is 8.18. The SMILES string of the molecule is c1cc(-c2cncnc2)cc(-c2ccn(C[C@H]3CCCCO3)n2)c1. The molecular weight excluding hydrogens is 300 g/mol. The second-order valence-electron chi connectivity index (χ2n) is 6.12. The monoisotopic (exact) mass is 320 g/mol. The summed E-state index contributed by atoms with van der Waals surface area (Å²) in [5.41, 5.74) is 4.18. The second-order valence-corrected chi connectivity index (χ2v) is 6.12. The van der Waals surface area contributed by atoms with Gasteiger partial charge in [-0.05, 0) is 37.0 Å². The number of aromatic nitrogens is 4. The Morgan fingerprint density at radius 2 is 1.92 bits per heavy atom. The van der Waals surface area contributed by atoms with E-state index in [9.17, 15) is 0 Å². The van der Waals surface area contributed by atoms with Crippen LogP contribution in [0.2, 0.25) is 0 Å². The molecule has 0 spiro atoms. The summed E-state index contributed by atoms with van der Waals surface area (Å²) in [5.74, 6) is 0. The first-order valence-corrected chi connectivity index (χ1v) is 8.39. The second kappa shape index (κ2) is 6.93. The number of hydrogen-bond donors (Lipinski definition) is 0. The molecule has 0 radical (unpaired) electrons. The lowest BCUT2D eigenvalue weighted by molar-refractivity contribution is 0.00403. The van der Waals surface area contributed by atoms with Crippen LogP contribution in [0.15, 0.2) is 55.2 Å². The minimum atomic E-state index is 0.291. The average molecular weight is 320 g/mol. The van der Waals surface area contributed by atoms with Crippen LogP contribution in [0, 0.1) is 0 Å².